The lowest BCUT2D eigenvalue weighted by atomic mass is 10.1. The van der Waals surface area contributed by atoms with Gasteiger partial charge in [-0.2, -0.15) is 0 Å². The first-order valence-corrected chi connectivity index (χ1v) is 4.90. The molecule has 2 rings (SSSR count). The van der Waals surface area contributed by atoms with E-state index in [9.17, 15) is 0 Å². The van der Waals surface area contributed by atoms with Crippen molar-refractivity contribution in [1.29, 1.82) is 0 Å². The maximum absolute atomic E-state index is 6.01. The molecular weight excluding hydrogens is 196 g/mol. The average molecular weight is 207 g/mol. The molecule has 0 saturated heterocycles. The lowest BCUT2D eigenvalue weighted by Crippen LogP contribution is -1.90. The minimum absolute atomic E-state index is 0.605. The Kier molecular flexibility index (Phi) is 2.38. The number of allylic oxidation sites excluding steroid dienone is 1. The molecule has 3 heteroatoms. The van der Waals surface area contributed by atoms with Crippen molar-refractivity contribution in [2.75, 3.05) is 0 Å². The minimum Gasteiger partial charge on any atom is -0.261 e. The van der Waals surface area contributed by atoms with Gasteiger partial charge in [-0.25, -0.2) is 4.99 Å². The van der Waals surface area contributed by atoms with Crippen molar-refractivity contribution < 1.29 is 0 Å². The van der Waals surface area contributed by atoms with E-state index < -0.39 is 0 Å². The monoisotopic (exact) mass is 206 g/mol. The predicted octanol–water partition coefficient (Wildman–Crippen LogP) is 3.16. The van der Waals surface area contributed by atoms with Crippen molar-refractivity contribution >= 4 is 22.9 Å². The van der Waals surface area contributed by atoms with Gasteiger partial charge in [0.15, 0.2) is 0 Å². The van der Waals surface area contributed by atoms with Crippen LogP contribution >= 0.6 is 11.6 Å². The van der Waals surface area contributed by atoms with Crippen LogP contribution in [0.3, 0.4) is 0 Å². The molecule has 0 fully saturated rings. The highest BCUT2D eigenvalue weighted by atomic mass is 35.5. The first-order chi connectivity index (χ1) is 6.66. The number of aryl methyl sites for hydroxylation is 1. The molecule has 14 heavy (non-hydrogen) atoms. The Morgan fingerprint density at radius 3 is 2.57 bits per heavy atom. The standard InChI is InChI=1S/C11H11ClN2/c1-7-3-4-9(6-13-7)10-5-8(2)14-11(10)12/h3-4,6H,5H2,1-2H3. The number of hydrogen-bond acceptors (Lipinski definition) is 2. The molecule has 0 amide bonds. The van der Waals surface area contributed by atoms with Crippen LogP contribution in [0.1, 0.15) is 24.6 Å². The third-order valence-electron chi connectivity index (χ3n) is 2.23. The third kappa shape index (κ3) is 1.70. The van der Waals surface area contributed by atoms with E-state index in [0.717, 1.165) is 29.0 Å². The van der Waals surface area contributed by atoms with E-state index in [1.54, 1.807) is 0 Å². The van der Waals surface area contributed by atoms with Crippen LogP contribution in [0, 0.1) is 6.92 Å². The summed E-state index contributed by atoms with van der Waals surface area (Å²) < 4.78 is 0. The van der Waals surface area contributed by atoms with Gasteiger partial charge in [-0.1, -0.05) is 17.7 Å². The van der Waals surface area contributed by atoms with Gasteiger partial charge in [0.05, 0.1) is 0 Å². The molecular formula is C11H11ClN2. The Morgan fingerprint density at radius 2 is 2.07 bits per heavy atom. The Balaban J connectivity index is 2.35. The summed E-state index contributed by atoms with van der Waals surface area (Å²) in [5.74, 6) is 0. The zero-order valence-corrected chi connectivity index (χ0v) is 8.97. The fourth-order valence-electron chi connectivity index (χ4n) is 1.47. The number of halogens is 1. The normalized spacial score (nSPS) is 16.1. The molecule has 0 aliphatic carbocycles. The van der Waals surface area contributed by atoms with Crippen LogP contribution in [0.15, 0.2) is 28.5 Å². The molecule has 0 saturated carbocycles. The topological polar surface area (TPSA) is 25.2 Å². The second-order valence-electron chi connectivity index (χ2n) is 3.48. The molecule has 1 aromatic rings. The molecule has 0 radical (unpaired) electrons. The van der Waals surface area contributed by atoms with Gasteiger partial charge in [-0.3, -0.25) is 4.98 Å². The summed E-state index contributed by atoms with van der Waals surface area (Å²) in [4.78, 5) is 8.44. The molecule has 0 spiro atoms. The lowest BCUT2D eigenvalue weighted by Gasteiger charge is -2.02. The van der Waals surface area contributed by atoms with Gasteiger partial charge in [-0.05, 0) is 25.5 Å². The van der Waals surface area contributed by atoms with E-state index in [-0.39, 0.29) is 0 Å². The molecule has 2 nitrogen and oxygen atoms in total. The van der Waals surface area contributed by atoms with Gasteiger partial charge in [0, 0.05) is 29.6 Å². The molecule has 0 atom stereocenters. The Labute approximate surface area is 88.3 Å². The van der Waals surface area contributed by atoms with Crippen molar-refractivity contribution in [3.8, 4) is 0 Å². The molecule has 0 aromatic carbocycles. The maximum Gasteiger partial charge on any atom is 0.133 e. The van der Waals surface area contributed by atoms with Gasteiger partial charge >= 0.3 is 0 Å². The Morgan fingerprint density at radius 1 is 1.29 bits per heavy atom. The van der Waals surface area contributed by atoms with Gasteiger partial charge in [0.1, 0.15) is 5.16 Å². The molecule has 2 heterocycles. The summed E-state index contributed by atoms with van der Waals surface area (Å²) in [5.41, 5.74) is 4.23. The molecule has 1 aromatic heterocycles. The summed E-state index contributed by atoms with van der Waals surface area (Å²) in [6.45, 7) is 3.95. The van der Waals surface area contributed by atoms with E-state index >= 15 is 0 Å². The van der Waals surface area contributed by atoms with E-state index in [0.29, 0.717) is 5.16 Å². The van der Waals surface area contributed by atoms with Gasteiger partial charge in [-0.15, -0.1) is 0 Å². The predicted molar refractivity (Wildman–Crippen MR) is 59.5 cm³/mol. The molecule has 0 bridgehead atoms. The van der Waals surface area contributed by atoms with E-state index in [1.165, 1.54) is 0 Å². The number of hydrogen-bond donors (Lipinski definition) is 0. The largest absolute Gasteiger partial charge is 0.261 e. The van der Waals surface area contributed by atoms with Crippen LogP contribution in [0.5, 0.6) is 0 Å². The van der Waals surface area contributed by atoms with Gasteiger partial charge in [0.25, 0.3) is 0 Å². The quantitative estimate of drug-likeness (QED) is 0.648. The molecule has 1 aliphatic rings. The molecule has 1 aliphatic heterocycles. The van der Waals surface area contributed by atoms with Crippen molar-refractivity contribution in [3.63, 3.8) is 0 Å². The smallest absolute Gasteiger partial charge is 0.133 e. The average Bonchev–Trinajstić information content (AvgIpc) is 2.47. The number of rotatable bonds is 1. The minimum atomic E-state index is 0.605. The highest BCUT2D eigenvalue weighted by Crippen LogP contribution is 2.30. The molecule has 0 unspecified atom stereocenters. The highest BCUT2D eigenvalue weighted by Gasteiger charge is 2.15. The van der Waals surface area contributed by atoms with Crippen molar-refractivity contribution in [1.82, 2.24) is 4.98 Å². The first-order valence-electron chi connectivity index (χ1n) is 4.52. The SMILES string of the molecule is CC1=NC(Cl)=C(c2ccc(C)nc2)C1. The van der Waals surface area contributed by atoms with Crippen LogP contribution < -0.4 is 0 Å². The Hall–Kier alpha value is -1.15. The van der Waals surface area contributed by atoms with Crippen molar-refractivity contribution in [2.24, 2.45) is 4.99 Å². The van der Waals surface area contributed by atoms with Crippen LogP contribution in [0.2, 0.25) is 0 Å². The maximum atomic E-state index is 6.01. The fraction of sp³-hybridized carbons (Fsp3) is 0.273. The van der Waals surface area contributed by atoms with Gasteiger partial charge < -0.3 is 0 Å². The van der Waals surface area contributed by atoms with Crippen LogP contribution in [0.4, 0.5) is 0 Å². The number of pyridine rings is 1. The summed E-state index contributed by atoms with van der Waals surface area (Å²) in [6.07, 6.45) is 2.69. The summed E-state index contributed by atoms with van der Waals surface area (Å²) in [5, 5.41) is 0.605. The zero-order valence-electron chi connectivity index (χ0n) is 8.21. The third-order valence-corrected chi connectivity index (χ3v) is 2.54. The van der Waals surface area contributed by atoms with E-state index in [4.69, 9.17) is 11.6 Å². The highest BCUT2D eigenvalue weighted by molar-refractivity contribution is 6.34. The van der Waals surface area contributed by atoms with Crippen LogP contribution in [-0.4, -0.2) is 10.7 Å². The second-order valence-corrected chi connectivity index (χ2v) is 3.84. The van der Waals surface area contributed by atoms with Crippen molar-refractivity contribution in [3.05, 3.63) is 34.7 Å². The summed E-state index contributed by atoms with van der Waals surface area (Å²) in [6, 6.07) is 4.02. The van der Waals surface area contributed by atoms with Crippen LogP contribution in [0.25, 0.3) is 5.57 Å². The number of aliphatic imine (C=N–C) groups is 1. The molecule has 0 N–H and O–H groups in total. The summed E-state index contributed by atoms with van der Waals surface area (Å²) >= 11 is 6.01. The number of nitrogens with zero attached hydrogens (tertiary/aromatic N) is 2. The van der Waals surface area contributed by atoms with E-state index in [1.807, 2.05) is 32.2 Å². The van der Waals surface area contributed by atoms with E-state index in [2.05, 4.69) is 9.98 Å². The van der Waals surface area contributed by atoms with Gasteiger partial charge in [0.2, 0.25) is 0 Å². The Bertz CT molecular complexity index is 415. The fourth-order valence-corrected chi connectivity index (χ4v) is 1.79. The van der Waals surface area contributed by atoms with Crippen LogP contribution in [-0.2, 0) is 0 Å². The first kappa shape index (κ1) is 9.41. The summed E-state index contributed by atoms with van der Waals surface area (Å²) in [7, 11) is 0. The number of aromatic nitrogens is 1. The lowest BCUT2D eigenvalue weighted by molar-refractivity contribution is 1.19. The van der Waals surface area contributed by atoms with Crippen molar-refractivity contribution in [2.45, 2.75) is 20.3 Å². The second kappa shape index (κ2) is 3.54. The zero-order chi connectivity index (χ0) is 10.1. The molecule has 72 valence electrons.